The number of carbonyl (C=O) groups is 1. The van der Waals surface area contributed by atoms with E-state index in [0.29, 0.717) is 12.1 Å². The molecule has 0 radical (unpaired) electrons. The third kappa shape index (κ3) is 4.19. The molecule has 0 saturated carbocycles. The van der Waals surface area contributed by atoms with Gasteiger partial charge in [-0.2, -0.15) is 5.10 Å². The van der Waals surface area contributed by atoms with Crippen LogP contribution in [0.3, 0.4) is 0 Å². The molecule has 1 aliphatic heterocycles. The summed E-state index contributed by atoms with van der Waals surface area (Å²) in [6, 6.07) is 13.7. The van der Waals surface area contributed by atoms with E-state index in [2.05, 4.69) is 20.4 Å². The predicted octanol–water partition coefficient (Wildman–Crippen LogP) is 3.89. The maximum Gasteiger partial charge on any atom is 0.251 e. The summed E-state index contributed by atoms with van der Waals surface area (Å²) in [5.41, 5.74) is 2.27. The van der Waals surface area contributed by atoms with Crippen molar-refractivity contribution in [2.75, 3.05) is 25.1 Å². The summed E-state index contributed by atoms with van der Waals surface area (Å²) < 4.78 is 18.5. The van der Waals surface area contributed by atoms with E-state index < -0.39 is 5.82 Å². The molecule has 0 unspecified atom stereocenters. The molecule has 29 heavy (non-hydrogen) atoms. The topological polar surface area (TPSA) is 70.2 Å². The Morgan fingerprint density at radius 1 is 1.28 bits per heavy atom. The molecule has 150 valence electrons. The summed E-state index contributed by atoms with van der Waals surface area (Å²) in [4.78, 5) is 14.5. The molecule has 1 aromatic heterocycles. The number of nitrogens with one attached hydrogen (secondary N) is 2. The van der Waals surface area contributed by atoms with Crippen molar-refractivity contribution in [1.82, 2.24) is 15.5 Å². The molecular weight excluding hydrogens is 395 g/mol. The molecule has 1 saturated heterocycles. The fourth-order valence-electron chi connectivity index (χ4n) is 3.38. The molecule has 6 nitrogen and oxygen atoms in total. The molecule has 1 amide bonds. The van der Waals surface area contributed by atoms with Gasteiger partial charge in [0.1, 0.15) is 11.6 Å². The predicted molar refractivity (Wildman–Crippen MR) is 110 cm³/mol. The van der Waals surface area contributed by atoms with Crippen molar-refractivity contribution < 1.29 is 13.9 Å². The first-order valence-electron chi connectivity index (χ1n) is 9.24. The number of H-pyrrole nitrogens is 1. The van der Waals surface area contributed by atoms with Crippen molar-refractivity contribution >= 4 is 23.3 Å². The molecule has 2 N–H and O–H groups in total. The lowest BCUT2D eigenvalue weighted by Crippen LogP contribution is -2.37. The number of hydrogen-bond donors (Lipinski definition) is 2. The van der Waals surface area contributed by atoms with Crippen LogP contribution in [0, 0.1) is 5.82 Å². The van der Waals surface area contributed by atoms with E-state index in [1.165, 1.54) is 18.2 Å². The van der Waals surface area contributed by atoms with Gasteiger partial charge in [-0.3, -0.25) is 9.89 Å². The van der Waals surface area contributed by atoms with E-state index >= 15 is 0 Å². The van der Waals surface area contributed by atoms with E-state index in [9.17, 15) is 9.18 Å². The van der Waals surface area contributed by atoms with Crippen LogP contribution in [-0.2, 0) is 0 Å². The average Bonchev–Trinajstić information content (AvgIpc) is 3.39. The highest BCUT2D eigenvalue weighted by atomic mass is 35.5. The highest BCUT2D eigenvalue weighted by Crippen LogP contribution is 2.26. The van der Waals surface area contributed by atoms with Gasteiger partial charge in [-0.25, -0.2) is 4.39 Å². The molecule has 4 rings (SSSR count). The second-order valence-corrected chi connectivity index (χ2v) is 7.31. The molecule has 2 aromatic carbocycles. The standard InChI is InChI=1S/C21H20ClFN4O2/c1-29-16-5-2-13(3-6-16)19-11-20(26-25-19)27-9-8-15(12-27)24-21(28)14-4-7-18(23)17(22)10-14/h2-7,10-11,15H,8-9,12H2,1H3,(H,24,28)(H,25,26)/t15-/m0/s1. The Hall–Kier alpha value is -3.06. The van der Waals surface area contributed by atoms with Gasteiger partial charge in [0, 0.05) is 30.8 Å². The second-order valence-electron chi connectivity index (χ2n) is 6.90. The van der Waals surface area contributed by atoms with E-state index in [4.69, 9.17) is 16.3 Å². The van der Waals surface area contributed by atoms with Crippen molar-refractivity contribution in [1.29, 1.82) is 0 Å². The highest BCUT2D eigenvalue weighted by Gasteiger charge is 2.26. The monoisotopic (exact) mass is 414 g/mol. The van der Waals surface area contributed by atoms with Crippen LogP contribution in [0.2, 0.25) is 5.02 Å². The zero-order valence-corrected chi connectivity index (χ0v) is 16.5. The summed E-state index contributed by atoms with van der Waals surface area (Å²) >= 11 is 5.77. The van der Waals surface area contributed by atoms with Crippen LogP contribution >= 0.6 is 11.6 Å². The highest BCUT2D eigenvalue weighted by molar-refractivity contribution is 6.31. The molecule has 1 atom stereocenters. The number of aromatic amines is 1. The average molecular weight is 415 g/mol. The number of amides is 1. The molecular formula is C21H20ClFN4O2. The Kier molecular flexibility index (Phi) is 5.40. The third-order valence-corrected chi connectivity index (χ3v) is 5.28. The number of halogens is 2. The summed E-state index contributed by atoms with van der Waals surface area (Å²) in [5, 5.41) is 10.4. The smallest absolute Gasteiger partial charge is 0.251 e. The lowest BCUT2D eigenvalue weighted by Gasteiger charge is -2.16. The number of hydrogen-bond acceptors (Lipinski definition) is 4. The van der Waals surface area contributed by atoms with Crippen LogP contribution in [0.25, 0.3) is 11.3 Å². The quantitative estimate of drug-likeness (QED) is 0.664. The maximum absolute atomic E-state index is 13.3. The number of rotatable bonds is 5. The van der Waals surface area contributed by atoms with Crippen molar-refractivity contribution in [3.8, 4) is 17.0 Å². The van der Waals surface area contributed by atoms with Crippen LogP contribution < -0.4 is 15.0 Å². The Morgan fingerprint density at radius 2 is 2.07 bits per heavy atom. The molecule has 0 bridgehead atoms. The summed E-state index contributed by atoms with van der Waals surface area (Å²) in [7, 11) is 1.64. The fourth-order valence-corrected chi connectivity index (χ4v) is 3.56. The summed E-state index contributed by atoms with van der Waals surface area (Å²) in [6.07, 6.45) is 0.797. The van der Waals surface area contributed by atoms with Gasteiger partial charge in [-0.1, -0.05) is 11.6 Å². The molecule has 3 aromatic rings. The summed E-state index contributed by atoms with van der Waals surface area (Å²) in [6.45, 7) is 1.43. The zero-order chi connectivity index (χ0) is 20.4. The number of aromatic nitrogens is 2. The molecule has 0 aliphatic carbocycles. The van der Waals surface area contributed by atoms with Gasteiger partial charge in [0.2, 0.25) is 0 Å². The van der Waals surface area contributed by atoms with Crippen molar-refractivity contribution in [2.45, 2.75) is 12.5 Å². The molecule has 1 aliphatic rings. The molecule has 1 fully saturated rings. The van der Waals surface area contributed by atoms with Gasteiger partial charge in [0.05, 0.1) is 17.8 Å². The van der Waals surface area contributed by atoms with Crippen LogP contribution in [0.4, 0.5) is 10.2 Å². The molecule has 2 heterocycles. The van der Waals surface area contributed by atoms with Gasteiger partial charge in [-0.15, -0.1) is 0 Å². The van der Waals surface area contributed by atoms with E-state index in [0.717, 1.165) is 35.8 Å². The first-order valence-corrected chi connectivity index (χ1v) is 9.62. The summed E-state index contributed by atoms with van der Waals surface area (Å²) in [5.74, 6) is 0.826. The fraction of sp³-hybridized carbons (Fsp3) is 0.238. The van der Waals surface area contributed by atoms with Gasteiger partial charge in [-0.05, 0) is 54.4 Å². The van der Waals surface area contributed by atoms with Gasteiger partial charge in [0.25, 0.3) is 5.91 Å². The Morgan fingerprint density at radius 3 is 2.79 bits per heavy atom. The minimum absolute atomic E-state index is 0.0209. The SMILES string of the molecule is COc1ccc(-c2cc(N3CC[C@H](NC(=O)c4ccc(F)c(Cl)c4)C3)n[nH]2)cc1. The van der Waals surface area contributed by atoms with Crippen LogP contribution in [-0.4, -0.2) is 42.3 Å². The lowest BCUT2D eigenvalue weighted by molar-refractivity contribution is 0.0940. The Bertz CT molecular complexity index is 1020. The Balaban J connectivity index is 1.39. The number of methoxy groups -OCH3 is 1. The largest absolute Gasteiger partial charge is 0.497 e. The van der Waals surface area contributed by atoms with Crippen molar-refractivity contribution in [3.05, 3.63) is 64.9 Å². The molecule has 8 heteroatoms. The minimum atomic E-state index is -0.540. The Labute approximate surface area is 172 Å². The van der Waals surface area contributed by atoms with Crippen LogP contribution in [0.15, 0.2) is 48.5 Å². The molecule has 0 spiro atoms. The van der Waals surface area contributed by atoms with Crippen LogP contribution in [0.1, 0.15) is 16.8 Å². The van der Waals surface area contributed by atoms with Gasteiger partial charge in [0.15, 0.2) is 5.82 Å². The number of carbonyl (C=O) groups excluding carboxylic acids is 1. The van der Waals surface area contributed by atoms with Gasteiger partial charge >= 0.3 is 0 Å². The van der Waals surface area contributed by atoms with Gasteiger partial charge < -0.3 is 15.0 Å². The second kappa shape index (κ2) is 8.13. The van der Waals surface area contributed by atoms with Crippen LogP contribution in [0.5, 0.6) is 5.75 Å². The van der Waals surface area contributed by atoms with E-state index in [-0.39, 0.29) is 17.0 Å². The number of benzene rings is 2. The first kappa shape index (κ1) is 19.3. The number of anilines is 1. The first-order chi connectivity index (χ1) is 14.0. The number of nitrogens with zero attached hydrogens (tertiary/aromatic N) is 2. The third-order valence-electron chi connectivity index (χ3n) is 4.99. The lowest BCUT2D eigenvalue weighted by atomic mass is 10.1. The normalized spacial score (nSPS) is 16.1. The van der Waals surface area contributed by atoms with E-state index in [1.54, 1.807) is 7.11 Å². The number of ether oxygens (including phenoxy) is 1. The minimum Gasteiger partial charge on any atom is -0.497 e. The maximum atomic E-state index is 13.3. The van der Waals surface area contributed by atoms with E-state index in [1.807, 2.05) is 30.3 Å². The zero-order valence-electron chi connectivity index (χ0n) is 15.8. The van der Waals surface area contributed by atoms with Crippen molar-refractivity contribution in [2.24, 2.45) is 0 Å². The van der Waals surface area contributed by atoms with Crippen molar-refractivity contribution in [3.63, 3.8) is 0 Å².